The summed E-state index contributed by atoms with van der Waals surface area (Å²) in [6, 6.07) is 3.19. The summed E-state index contributed by atoms with van der Waals surface area (Å²) in [4.78, 5) is 14.6. The van der Waals surface area contributed by atoms with E-state index in [-0.39, 0.29) is 11.4 Å². The van der Waals surface area contributed by atoms with Crippen molar-refractivity contribution in [1.29, 1.82) is 0 Å². The Hall–Kier alpha value is -1.89. The highest BCUT2D eigenvalue weighted by Gasteiger charge is 2.30. The quantitative estimate of drug-likeness (QED) is 0.680. The molecule has 1 saturated carbocycles. The first-order valence-electron chi connectivity index (χ1n) is 7.23. The molecule has 0 bridgehead atoms. The lowest BCUT2D eigenvalue weighted by molar-refractivity contribution is -0.384. The molecule has 0 spiro atoms. The molecule has 1 aliphatic carbocycles. The zero-order valence-electron chi connectivity index (χ0n) is 12.0. The number of nitrogens with one attached hydrogen (secondary N) is 1. The third-order valence-electron chi connectivity index (χ3n) is 4.05. The Kier molecular flexibility index (Phi) is 3.67. The van der Waals surface area contributed by atoms with Crippen LogP contribution in [-0.4, -0.2) is 49.1 Å². The van der Waals surface area contributed by atoms with Gasteiger partial charge in [-0.1, -0.05) is 0 Å². The Bertz CT molecular complexity index is 554. The van der Waals surface area contributed by atoms with Crippen molar-refractivity contribution in [2.75, 3.05) is 43.4 Å². The number of hydrogen-bond donors (Lipinski definition) is 1. The van der Waals surface area contributed by atoms with Crippen LogP contribution in [0.4, 0.5) is 21.5 Å². The van der Waals surface area contributed by atoms with Gasteiger partial charge in [-0.3, -0.25) is 10.1 Å². The minimum atomic E-state index is -0.502. The zero-order chi connectivity index (χ0) is 15.0. The van der Waals surface area contributed by atoms with Crippen LogP contribution in [0.15, 0.2) is 12.1 Å². The van der Waals surface area contributed by atoms with E-state index in [0.717, 1.165) is 25.9 Å². The highest BCUT2D eigenvalue weighted by molar-refractivity contribution is 5.71. The SMILES string of the molecule is CN1CCN(c2c([N+](=O)[O-])ccc(NC3CC3)c2F)CC1. The molecule has 1 aromatic rings. The second-order valence-electron chi connectivity index (χ2n) is 5.76. The average molecular weight is 294 g/mol. The summed E-state index contributed by atoms with van der Waals surface area (Å²) in [7, 11) is 1.99. The number of piperazine rings is 1. The maximum absolute atomic E-state index is 14.7. The van der Waals surface area contributed by atoms with Crippen LogP contribution < -0.4 is 10.2 Å². The van der Waals surface area contributed by atoms with Gasteiger partial charge in [-0.2, -0.15) is 0 Å². The van der Waals surface area contributed by atoms with Gasteiger partial charge in [-0.05, 0) is 26.0 Å². The van der Waals surface area contributed by atoms with E-state index in [1.54, 1.807) is 4.90 Å². The Morgan fingerprint density at radius 3 is 2.52 bits per heavy atom. The molecule has 0 radical (unpaired) electrons. The largest absolute Gasteiger partial charge is 0.380 e. The Balaban J connectivity index is 1.95. The molecule has 114 valence electrons. The minimum absolute atomic E-state index is 0.124. The van der Waals surface area contributed by atoms with E-state index in [1.807, 2.05) is 7.05 Å². The lowest BCUT2D eigenvalue weighted by atomic mass is 10.1. The van der Waals surface area contributed by atoms with Gasteiger partial charge >= 0.3 is 0 Å². The molecule has 2 fully saturated rings. The Labute approximate surface area is 122 Å². The van der Waals surface area contributed by atoms with Crippen LogP contribution in [0.25, 0.3) is 0 Å². The third kappa shape index (κ3) is 2.92. The van der Waals surface area contributed by atoms with Crippen molar-refractivity contribution >= 4 is 17.1 Å². The lowest BCUT2D eigenvalue weighted by Crippen LogP contribution is -2.45. The van der Waals surface area contributed by atoms with Crippen molar-refractivity contribution in [2.24, 2.45) is 0 Å². The summed E-state index contributed by atoms with van der Waals surface area (Å²) >= 11 is 0. The molecule has 0 atom stereocenters. The maximum Gasteiger partial charge on any atom is 0.295 e. The summed E-state index contributed by atoms with van der Waals surface area (Å²) in [6.45, 7) is 2.75. The first-order valence-corrected chi connectivity index (χ1v) is 7.23. The fourth-order valence-electron chi connectivity index (χ4n) is 2.59. The summed E-state index contributed by atoms with van der Waals surface area (Å²) in [6.07, 6.45) is 2.06. The van der Waals surface area contributed by atoms with Crippen LogP contribution in [0.2, 0.25) is 0 Å². The van der Waals surface area contributed by atoms with E-state index < -0.39 is 10.7 Å². The molecule has 3 rings (SSSR count). The van der Waals surface area contributed by atoms with Crippen LogP contribution in [0.1, 0.15) is 12.8 Å². The van der Waals surface area contributed by atoms with E-state index in [2.05, 4.69) is 10.2 Å². The highest BCUT2D eigenvalue weighted by atomic mass is 19.1. The van der Waals surface area contributed by atoms with Gasteiger partial charge in [0.25, 0.3) is 5.69 Å². The topological polar surface area (TPSA) is 61.7 Å². The normalized spacial score (nSPS) is 19.6. The molecule has 2 aliphatic rings. The molecular weight excluding hydrogens is 275 g/mol. The lowest BCUT2D eigenvalue weighted by Gasteiger charge is -2.34. The van der Waals surface area contributed by atoms with Crippen LogP contribution in [0, 0.1) is 15.9 Å². The molecular formula is C14H19FN4O2. The minimum Gasteiger partial charge on any atom is -0.380 e. The summed E-state index contributed by atoms with van der Waals surface area (Å²) in [5.41, 5.74) is 0.342. The van der Waals surface area contributed by atoms with Gasteiger partial charge in [0, 0.05) is 38.3 Å². The number of halogens is 1. The first-order chi connectivity index (χ1) is 10.1. The van der Waals surface area contributed by atoms with Crippen molar-refractivity contribution in [1.82, 2.24) is 4.90 Å². The van der Waals surface area contributed by atoms with Crippen LogP contribution in [-0.2, 0) is 0 Å². The summed E-state index contributed by atoms with van der Waals surface area (Å²) in [5, 5.41) is 14.3. The number of hydrogen-bond acceptors (Lipinski definition) is 5. The van der Waals surface area contributed by atoms with Crippen LogP contribution in [0.3, 0.4) is 0 Å². The number of nitro groups is 1. The molecule has 21 heavy (non-hydrogen) atoms. The molecule has 1 aliphatic heterocycles. The number of likely N-dealkylation sites (N-methyl/N-ethyl adjacent to an activating group) is 1. The van der Waals surface area contributed by atoms with Gasteiger partial charge in [0.05, 0.1) is 10.6 Å². The Morgan fingerprint density at radius 1 is 1.29 bits per heavy atom. The second-order valence-corrected chi connectivity index (χ2v) is 5.76. The molecule has 1 heterocycles. The Morgan fingerprint density at radius 2 is 1.95 bits per heavy atom. The van der Waals surface area contributed by atoms with Gasteiger partial charge in [-0.15, -0.1) is 0 Å². The fourth-order valence-corrected chi connectivity index (χ4v) is 2.59. The van der Waals surface area contributed by atoms with Gasteiger partial charge in [-0.25, -0.2) is 4.39 Å². The smallest absolute Gasteiger partial charge is 0.295 e. The highest BCUT2D eigenvalue weighted by Crippen LogP contribution is 2.37. The average Bonchev–Trinajstić information content (AvgIpc) is 3.26. The number of anilines is 2. The predicted octanol–water partition coefficient (Wildman–Crippen LogP) is 2.06. The number of benzene rings is 1. The first kappa shape index (κ1) is 14.1. The number of nitrogens with zero attached hydrogens (tertiary/aromatic N) is 3. The molecule has 1 N–H and O–H groups in total. The fraction of sp³-hybridized carbons (Fsp3) is 0.571. The van der Waals surface area contributed by atoms with Crippen LogP contribution in [0.5, 0.6) is 0 Å². The van der Waals surface area contributed by atoms with E-state index in [0.29, 0.717) is 24.8 Å². The third-order valence-corrected chi connectivity index (χ3v) is 4.05. The maximum atomic E-state index is 14.7. The van der Waals surface area contributed by atoms with E-state index in [4.69, 9.17) is 0 Å². The summed E-state index contributed by atoms with van der Waals surface area (Å²) < 4.78 is 14.7. The summed E-state index contributed by atoms with van der Waals surface area (Å²) in [5.74, 6) is -0.499. The van der Waals surface area contributed by atoms with Gasteiger partial charge in [0.2, 0.25) is 0 Å². The van der Waals surface area contributed by atoms with Crippen molar-refractivity contribution in [3.8, 4) is 0 Å². The van der Waals surface area contributed by atoms with Crippen molar-refractivity contribution in [3.63, 3.8) is 0 Å². The predicted molar refractivity (Wildman–Crippen MR) is 79.4 cm³/mol. The number of nitro benzene ring substituents is 1. The molecule has 7 heteroatoms. The monoisotopic (exact) mass is 294 g/mol. The van der Waals surface area contributed by atoms with Crippen LogP contribution >= 0.6 is 0 Å². The van der Waals surface area contributed by atoms with Crippen molar-refractivity contribution in [2.45, 2.75) is 18.9 Å². The van der Waals surface area contributed by atoms with E-state index in [1.165, 1.54) is 12.1 Å². The molecule has 0 aromatic heterocycles. The van der Waals surface area contributed by atoms with Gasteiger partial charge in [0.1, 0.15) is 0 Å². The zero-order valence-corrected chi connectivity index (χ0v) is 12.0. The molecule has 0 amide bonds. The van der Waals surface area contributed by atoms with Gasteiger partial charge < -0.3 is 15.1 Å². The van der Waals surface area contributed by atoms with E-state index in [9.17, 15) is 14.5 Å². The second kappa shape index (κ2) is 5.48. The molecule has 0 unspecified atom stereocenters. The molecule has 6 nitrogen and oxygen atoms in total. The van der Waals surface area contributed by atoms with Crippen molar-refractivity contribution < 1.29 is 9.31 Å². The molecule has 1 saturated heterocycles. The standard InChI is InChI=1S/C14H19FN4O2/c1-17-6-8-18(9-7-17)14-12(19(20)21)5-4-11(13(14)15)16-10-2-3-10/h4-5,10,16H,2-3,6-9H2,1H3. The van der Waals surface area contributed by atoms with E-state index >= 15 is 0 Å². The number of rotatable bonds is 4. The van der Waals surface area contributed by atoms with Crippen molar-refractivity contribution in [3.05, 3.63) is 28.1 Å². The van der Waals surface area contributed by atoms with Gasteiger partial charge in [0.15, 0.2) is 11.5 Å². The molecule has 1 aromatic carbocycles.